The molecule has 0 aliphatic rings. The Kier molecular flexibility index (Phi) is 3.51. The zero-order valence-electron chi connectivity index (χ0n) is 4.20. The van der Waals surface area contributed by atoms with Crippen LogP contribution in [0.5, 0.6) is 0 Å². The van der Waals surface area contributed by atoms with Gasteiger partial charge >= 0.3 is 0 Å². The van der Waals surface area contributed by atoms with Crippen LogP contribution in [-0.2, 0) is 0 Å². The van der Waals surface area contributed by atoms with Gasteiger partial charge in [-0.1, -0.05) is 0 Å². The van der Waals surface area contributed by atoms with E-state index in [0.717, 1.165) is 0 Å². The Morgan fingerprint density at radius 1 is 1.25 bits per heavy atom. The van der Waals surface area contributed by atoms with Gasteiger partial charge in [-0.2, -0.15) is 0 Å². The van der Waals surface area contributed by atoms with Gasteiger partial charge in [0.2, 0.25) is 0 Å². The second-order valence-electron chi connectivity index (χ2n) is 1.11. The Morgan fingerprint density at radius 2 is 1.62 bits per heavy atom. The summed E-state index contributed by atoms with van der Waals surface area (Å²) in [7, 11) is 0. The summed E-state index contributed by atoms with van der Waals surface area (Å²) in [6.07, 6.45) is 0. The summed E-state index contributed by atoms with van der Waals surface area (Å²) in [6.45, 7) is 12.2. The van der Waals surface area contributed by atoms with Gasteiger partial charge in [0.05, 0.1) is 0 Å². The SMILES string of the molecule is [C-]#[N+]CN(O)C[N+]#[C-]. The van der Waals surface area contributed by atoms with Crippen molar-refractivity contribution in [3.8, 4) is 0 Å². The Hall–Kier alpha value is -1.10. The normalized spacial score (nSPS) is 8.00. The molecule has 0 rings (SSSR count). The average molecular weight is 111 g/mol. The predicted molar refractivity (Wildman–Crippen MR) is 26.6 cm³/mol. The minimum absolute atomic E-state index is 0.123. The quantitative estimate of drug-likeness (QED) is 0.414. The van der Waals surface area contributed by atoms with E-state index in [9.17, 15) is 0 Å². The third kappa shape index (κ3) is 3.10. The predicted octanol–water partition coefficient (Wildman–Crippen LogP) is 0.431. The van der Waals surface area contributed by atoms with Crippen molar-refractivity contribution < 1.29 is 5.21 Å². The summed E-state index contributed by atoms with van der Waals surface area (Å²) in [5.41, 5.74) is 0. The number of hydrogen-bond donors (Lipinski definition) is 1. The Bertz CT molecular complexity index is 115. The van der Waals surface area contributed by atoms with E-state index in [0.29, 0.717) is 5.06 Å². The topological polar surface area (TPSA) is 32.2 Å². The molecule has 0 radical (unpaired) electrons. The lowest BCUT2D eigenvalue weighted by Crippen LogP contribution is -2.16. The Labute approximate surface area is 47.5 Å². The standard InChI is InChI=1S/C4H5N3O/c1-5-3-7(8)4-6-2/h8H,3-4H2. The molecule has 0 saturated heterocycles. The van der Waals surface area contributed by atoms with Crippen LogP contribution in [0.4, 0.5) is 0 Å². The fourth-order valence-corrected chi connectivity index (χ4v) is 0.208. The molecule has 0 aliphatic carbocycles. The molecule has 0 spiro atoms. The van der Waals surface area contributed by atoms with Crippen molar-refractivity contribution in [1.29, 1.82) is 0 Å². The molecule has 4 nitrogen and oxygen atoms in total. The van der Waals surface area contributed by atoms with E-state index in [2.05, 4.69) is 9.69 Å². The molecule has 0 aromatic carbocycles. The molecule has 0 bridgehead atoms. The minimum atomic E-state index is -0.123. The van der Waals surface area contributed by atoms with Crippen LogP contribution in [0.1, 0.15) is 0 Å². The van der Waals surface area contributed by atoms with Crippen LogP contribution in [0.3, 0.4) is 0 Å². The summed E-state index contributed by atoms with van der Waals surface area (Å²) >= 11 is 0. The van der Waals surface area contributed by atoms with Crippen molar-refractivity contribution >= 4 is 0 Å². The lowest BCUT2D eigenvalue weighted by atomic mass is 10.9. The zero-order valence-corrected chi connectivity index (χ0v) is 4.20. The second-order valence-corrected chi connectivity index (χ2v) is 1.11. The van der Waals surface area contributed by atoms with Crippen molar-refractivity contribution in [2.45, 2.75) is 0 Å². The summed E-state index contributed by atoms with van der Waals surface area (Å²) < 4.78 is 0. The van der Waals surface area contributed by atoms with E-state index in [1.165, 1.54) is 0 Å². The van der Waals surface area contributed by atoms with E-state index in [1.54, 1.807) is 0 Å². The molecule has 42 valence electrons. The first-order valence-corrected chi connectivity index (χ1v) is 1.91. The van der Waals surface area contributed by atoms with Crippen molar-refractivity contribution in [3.05, 3.63) is 22.8 Å². The van der Waals surface area contributed by atoms with Gasteiger partial charge in [-0.25, -0.2) is 13.1 Å². The van der Waals surface area contributed by atoms with Gasteiger partial charge in [-0.15, -0.1) is 0 Å². The minimum Gasteiger partial charge on any atom is -0.302 e. The van der Waals surface area contributed by atoms with Gasteiger partial charge in [0.25, 0.3) is 13.3 Å². The smallest absolute Gasteiger partial charge is 0.297 e. The van der Waals surface area contributed by atoms with E-state index in [-0.39, 0.29) is 13.3 Å². The van der Waals surface area contributed by atoms with Crippen LogP contribution in [0.25, 0.3) is 9.69 Å². The van der Waals surface area contributed by atoms with Crippen molar-refractivity contribution in [2.75, 3.05) is 13.3 Å². The van der Waals surface area contributed by atoms with Crippen molar-refractivity contribution in [1.82, 2.24) is 5.06 Å². The van der Waals surface area contributed by atoms with Crippen LogP contribution in [0, 0.1) is 13.1 Å². The molecular formula is C4H5N3O. The molecule has 0 fully saturated rings. The average Bonchev–Trinajstić information content (AvgIpc) is 1.68. The number of hydroxylamine groups is 2. The van der Waals surface area contributed by atoms with Crippen LogP contribution < -0.4 is 0 Å². The van der Waals surface area contributed by atoms with Gasteiger partial charge in [0.15, 0.2) is 0 Å². The number of rotatable bonds is 2. The van der Waals surface area contributed by atoms with E-state index < -0.39 is 0 Å². The van der Waals surface area contributed by atoms with E-state index in [4.69, 9.17) is 18.4 Å². The third-order valence-electron chi connectivity index (χ3n) is 0.468. The first-order chi connectivity index (χ1) is 3.81. The molecule has 0 saturated carbocycles. The molecule has 0 aliphatic heterocycles. The highest BCUT2D eigenvalue weighted by molar-refractivity contribution is 4.59. The van der Waals surface area contributed by atoms with Crippen molar-refractivity contribution in [3.63, 3.8) is 0 Å². The van der Waals surface area contributed by atoms with Crippen LogP contribution >= 0.6 is 0 Å². The first kappa shape index (κ1) is 6.90. The molecule has 1 N–H and O–H groups in total. The van der Waals surface area contributed by atoms with Gasteiger partial charge in [-0.3, -0.25) is 9.69 Å². The van der Waals surface area contributed by atoms with Gasteiger partial charge < -0.3 is 5.21 Å². The Morgan fingerprint density at radius 3 is 1.88 bits per heavy atom. The zero-order chi connectivity index (χ0) is 6.41. The molecule has 0 aromatic rings. The highest BCUT2D eigenvalue weighted by atomic mass is 16.5. The summed E-state index contributed by atoms with van der Waals surface area (Å²) in [6, 6.07) is 0. The molecule has 0 unspecified atom stereocenters. The number of nitrogens with zero attached hydrogens (tertiary/aromatic N) is 3. The maximum absolute atomic E-state index is 8.46. The summed E-state index contributed by atoms with van der Waals surface area (Å²) in [4.78, 5) is 5.67. The summed E-state index contributed by atoms with van der Waals surface area (Å²) in [5.74, 6) is 0. The first-order valence-electron chi connectivity index (χ1n) is 1.91. The lowest BCUT2D eigenvalue weighted by Gasteiger charge is -1.94. The molecule has 4 heteroatoms. The van der Waals surface area contributed by atoms with Crippen LogP contribution in [0.15, 0.2) is 0 Å². The molecule has 8 heavy (non-hydrogen) atoms. The monoisotopic (exact) mass is 111 g/mol. The fraction of sp³-hybridized carbons (Fsp3) is 0.500. The maximum Gasteiger partial charge on any atom is 0.297 e. The lowest BCUT2D eigenvalue weighted by molar-refractivity contribution is -0.0703. The summed E-state index contributed by atoms with van der Waals surface area (Å²) in [5, 5.41) is 9.11. The van der Waals surface area contributed by atoms with Crippen LogP contribution in [-0.4, -0.2) is 23.6 Å². The van der Waals surface area contributed by atoms with Gasteiger partial charge in [0.1, 0.15) is 0 Å². The Balaban J connectivity index is 3.25. The van der Waals surface area contributed by atoms with Gasteiger partial charge in [-0.05, 0) is 5.06 Å². The van der Waals surface area contributed by atoms with Crippen LogP contribution in [0.2, 0.25) is 0 Å². The molecule has 0 aromatic heterocycles. The van der Waals surface area contributed by atoms with Crippen molar-refractivity contribution in [2.24, 2.45) is 0 Å². The molecule has 0 atom stereocenters. The maximum atomic E-state index is 8.46. The largest absolute Gasteiger partial charge is 0.302 e. The second kappa shape index (κ2) is 4.07. The third-order valence-corrected chi connectivity index (χ3v) is 0.468. The van der Waals surface area contributed by atoms with Gasteiger partial charge in [0, 0.05) is 0 Å². The highest BCUT2D eigenvalue weighted by Crippen LogP contribution is 1.79. The number of hydrogen-bond acceptors (Lipinski definition) is 2. The molecule has 0 amide bonds. The highest BCUT2D eigenvalue weighted by Gasteiger charge is 2.01. The molecular weight excluding hydrogens is 106 g/mol. The molecule has 0 heterocycles. The fourth-order valence-electron chi connectivity index (χ4n) is 0.208. The van der Waals surface area contributed by atoms with E-state index in [1.807, 2.05) is 0 Å². The van der Waals surface area contributed by atoms with E-state index >= 15 is 0 Å².